The summed E-state index contributed by atoms with van der Waals surface area (Å²) in [5, 5.41) is 9.58. The zero-order valence-corrected chi connectivity index (χ0v) is 17.8. The number of para-hydroxylation sites is 2. The van der Waals surface area contributed by atoms with E-state index in [0.29, 0.717) is 46.9 Å². The Morgan fingerprint density at radius 1 is 1.15 bits per heavy atom. The predicted octanol–water partition coefficient (Wildman–Crippen LogP) is 3.85. The van der Waals surface area contributed by atoms with Crippen LogP contribution in [0.15, 0.2) is 36.9 Å². The number of aromatic nitrogens is 6. The summed E-state index contributed by atoms with van der Waals surface area (Å²) in [5.41, 5.74) is 2.18. The van der Waals surface area contributed by atoms with E-state index in [4.69, 9.17) is 14.7 Å². The van der Waals surface area contributed by atoms with E-state index < -0.39 is 12.2 Å². The van der Waals surface area contributed by atoms with Gasteiger partial charge in [-0.15, -0.1) is 0 Å². The minimum atomic E-state index is -2.81. The first-order chi connectivity index (χ1) is 16.0. The molecule has 2 aliphatic heterocycles. The summed E-state index contributed by atoms with van der Waals surface area (Å²) < 4.78 is 37.1. The number of halogens is 2. The highest BCUT2D eigenvalue weighted by Crippen LogP contribution is 2.33. The fraction of sp³-hybridized carbons (Fsp3) is 0.364. The van der Waals surface area contributed by atoms with Crippen LogP contribution in [-0.2, 0) is 4.74 Å². The number of hydrogen-bond acceptors (Lipinski definition) is 7. The van der Waals surface area contributed by atoms with Gasteiger partial charge in [-0.05, 0) is 31.9 Å². The van der Waals surface area contributed by atoms with Crippen molar-refractivity contribution in [2.75, 3.05) is 18.0 Å². The Bertz CT molecular complexity index is 1380. The minimum absolute atomic E-state index is 0.0983. The van der Waals surface area contributed by atoms with Gasteiger partial charge in [0.2, 0.25) is 5.95 Å². The van der Waals surface area contributed by atoms with Crippen LogP contribution >= 0.6 is 0 Å². The number of anilines is 1. The molecule has 6 rings (SSSR count). The zero-order chi connectivity index (χ0) is 22.7. The van der Waals surface area contributed by atoms with Crippen LogP contribution in [0.2, 0.25) is 0 Å². The molecule has 0 spiro atoms. The van der Waals surface area contributed by atoms with E-state index in [1.165, 1.54) is 10.9 Å². The van der Waals surface area contributed by atoms with E-state index in [2.05, 4.69) is 9.97 Å². The summed E-state index contributed by atoms with van der Waals surface area (Å²) in [5.74, 6) is 0.221. The number of hydrogen-bond donors (Lipinski definition) is 1. The lowest BCUT2D eigenvalue weighted by Gasteiger charge is -2.32. The number of benzene rings is 1. The second-order valence-electron chi connectivity index (χ2n) is 8.36. The molecule has 2 bridgehead atoms. The third kappa shape index (κ3) is 3.14. The Kier molecular flexibility index (Phi) is 4.54. The van der Waals surface area contributed by atoms with Crippen LogP contribution < -0.4 is 4.90 Å². The molecule has 1 N–H and O–H groups in total. The van der Waals surface area contributed by atoms with Crippen molar-refractivity contribution >= 4 is 33.8 Å². The summed E-state index contributed by atoms with van der Waals surface area (Å²) in [7, 11) is 0. The van der Waals surface area contributed by atoms with Crippen LogP contribution in [0.1, 0.15) is 32.0 Å². The molecule has 5 heterocycles. The van der Waals surface area contributed by atoms with Crippen molar-refractivity contribution in [1.29, 1.82) is 0 Å². The van der Waals surface area contributed by atoms with Crippen LogP contribution in [0.5, 0.6) is 0 Å². The molecule has 170 valence electrons. The molecule has 11 heteroatoms. The number of imidazole rings is 2. The molecule has 4 aromatic rings. The maximum atomic E-state index is 14.1. The van der Waals surface area contributed by atoms with Gasteiger partial charge in [-0.1, -0.05) is 12.1 Å². The van der Waals surface area contributed by atoms with E-state index in [0.717, 1.165) is 19.1 Å². The highest BCUT2D eigenvalue weighted by Gasteiger charge is 2.35. The molecular formula is C22H21F2N7O2. The van der Waals surface area contributed by atoms with Gasteiger partial charge in [0.15, 0.2) is 22.8 Å². The summed E-state index contributed by atoms with van der Waals surface area (Å²) in [6, 6.07) is 6.94. The van der Waals surface area contributed by atoms with Gasteiger partial charge in [-0.3, -0.25) is 9.13 Å². The number of aliphatic hydroxyl groups is 1. The van der Waals surface area contributed by atoms with Gasteiger partial charge in [-0.25, -0.2) is 18.7 Å². The maximum Gasteiger partial charge on any atom is 0.296 e. The van der Waals surface area contributed by atoms with E-state index >= 15 is 0 Å². The molecule has 1 aromatic carbocycles. The van der Waals surface area contributed by atoms with Crippen LogP contribution in [0.25, 0.3) is 33.7 Å². The highest BCUT2D eigenvalue weighted by atomic mass is 19.3. The average molecular weight is 453 g/mol. The van der Waals surface area contributed by atoms with Gasteiger partial charge < -0.3 is 14.7 Å². The van der Waals surface area contributed by atoms with Crippen molar-refractivity contribution in [3.05, 3.63) is 42.7 Å². The number of nitrogens with zero attached hydrogens (tertiary/aromatic N) is 7. The van der Waals surface area contributed by atoms with Gasteiger partial charge in [0.1, 0.15) is 6.33 Å². The Morgan fingerprint density at radius 3 is 2.64 bits per heavy atom. The first-order valence-electron chi connectivity index (χ1n) is 10.8. The number of aliphatic hydroxyl groups excluding tert-OH is 1. The molecule has 0 saturated carbocycles. The average Bonchev–Trinajstić information content (AvgIpc) is 3.52. The summed E-state index contributed by atoms with van der Waals surface area (Å²) in [6.45, 7) is 2.95. The molecule has 0 radical (unpaired) electrons. The largest absolute Gasteiger partial charge is 0.514 e. The number of fused-ring (bicyclic) bond motifs is 4. The summed E-state index contributed by atoms with van der Waals surface area (Å²) in [6.07, 6.45) is 1.78. The lowest BCUT2D eigenvalue weighted by atomic mass is 10.2. The van der Waals surface area contributed by atoms with Gasteiger partial charge in [0, 0.05) is 13.1 Å². The third-order valence-corrected chi connectivity index (χ3v) is 6.25. The van der Waals surface area contributed by atoms with Gasteiger partial charge >= 0.3 is 0 Å². The monoisotopic (exact) mass is 453 g/mol. The summed E-state index contributed by atoms with van der Waals surface area (Å²) >= 11 is 0. The number of rotatable bonds is 4. The standard InChI is InChI=1S/C22H21F2N7O2/c1-12(10-32)30-11-25-17-19(30)27-22(29-8-13-6-7-14(9-29)33-13)28-20(17)31-16-5-3-2-4-15(16)26-21(31)18(23)24/h2-5,10-11,13-14,18,32H,6-9H2,1H3. The molecule has 3 aromatic heterocycles. The summed E-state index contributed by atoms with van der Waals surface area (Å²) in [4.78, 5) is 20.1. The maximum absolute atomic E-state index is 14.1. The molecule has 9 nitrogen and oxygen atoms in total. The van der Waals surface area contributed by atoms with Crippen molar-refractivity contribution in [3.8, 4) is 5.82 Å². The molecule has 0 aliphatic carbocycles. The molecule has 33 heavy (non-hydrogen) atoms. The van der Waals surface area contributed by atoms with E-state index in [1.807, 2.05) is 4.90 Å². The number of alkyl halides is 2. The first kappa shape index (κ1) is 20.0. The minimum Gasteiger partial charge on any atom is -0.514 e. The fourth-order valence-corrected chi connectivity index (χ4v) is 4.68. The molecule has 2 unspecified atom stereocenters. The second-order valence-corrected chi connectivity index (χ2v) is 8.36. The number of allylic oxidation sites excluding steroid dienone is 1. The third-order valence-electron chi connectivity index (χ3n) is 6.25. The van der Waals surface area contributed by atoms with Crippen LogP contribution in [-0.4, -0.2) is 59.5 Å². The van der Waals surface area contributed by atoms with Crippen molar-refractivity contribution in [1.82, 2.24) is 29.1 Å². The Hall–Kier alpha value is -3.60. The number of ether oxygens (including phenoxy) is 1. The Balaban J connectivity index is 1.63. The molecular weight excluding hydrogens is 432 g/mol. The SMILES string of the molecule is CC(=CO)n1cnc2c(-n3c(C(F)F)nc4ccccc43)nc(N3CC4CCC(C3)O4)nc21. The number of morpholine rings is 1. The van der Waals surface area contributed by atoms with E-state index in [9.17, 15) is 13.9 Å². The van der Waals surface area contributed by atoms with Crippen molar-refractivity contribution in [2.24, 2.45) is 0 Å². The fourth-order valence-electron chi connectivity index (χ4n) is 4.68. The van der Waals surface area contributed by atoms with Crippen LogP contribution in [0, 0.1) is 0 Å². The molecule has 2 atom stereocenters. The Morgan fingerprint density at radius 2 is 1.91 bits per heavy atom. The van der Waals surface area contributed by atoms with Crippen molar-refractivity contribution in [3.63, 3.8) is 0 Å². The molecule has 0 amide bonds. The Labute approximate surface area is 187 Å². The first-order valence-corrected chi connectivity index (χ1v) is 10.8. The smallest absolute Gasteiger partial charge is 0.296 e. The lowest BCUT2D eigenvalue weighted by molar-refractivity contribution is 0.0299. The van der Waals surface area contributed by atoms with Crippen LogP contribution in [0.3, 0.4) is 0 Å². The predicted molar refractivity (Wildman–Crippen MR) is 118 cm³/mol. The van der Waals surface area contributed by atoms with Crippen molar-refractivity contribution < 1.29 is 18.6 Å². The van der Waals surface area contributed by atoms with E-state index in [1.54, 1.807) is 35.8 Å². The van der Waals surface area contributed by atoms with Gasteiger partial charge in [-0.2, -0.15) is 9.97 Å². The molecule has 2 saturated heterocycles. The molecule has 2 aliphatic rings. The quantitative estimate of drug-likeness (QED) is 0.469. The lowest BCUT2D eigenvalue weighted by Crippen LogP contribution is -2.43. The highest BCUT2D eigenvalue weighted by molar-refractivity contribution is 5.87. The normalized spacial score (nSPS) is 21.1. The van der Waals surface area contributed by atoms with Crippen molar-refractivity contribution in [2.45, 2.75) is 38.4 Å². The second kappa shape index (κ2) is 7.48. The zero-order valence-electron chi connectivity index (χ0n) is 17.8. The van der Waals surface area contributed by atoms with Gasteiger partial charge in [0.05, 0.1) is 35.2 Å². The van der Waals surface area contributed by atoms with Gasteiger partial charge in [0.25, 0.3) is 6.43 Å². The van der Waals surface area contributed by atoms with E-state index in [-0.39, 0.29) is 18.0 Å². The molecule has 2 fully saturated rings. The van der Waals surface area contributed by atoms with Crippen LogP contribution in [0.4, 0.5) is 14.7 Å². The topological polar surface area (TPSA) is 94.1 Å².